The van der Waals surface area contributed by atoms with Crippen molar-refractivity contribution in [3.8, 4) is 0 Å². The second kappa shape index (κ2) is 24.3. The van der Waals surface area contributed by atoms with E-state index in [9.17, 15) is 9.90 Å². The molecular formula is C33H53BrN2O2. The highest BCUT2D eigenvalue weighted by molar-refractivity contribution is 5.76. The van der Waals surface area contributed by atoms with Crippen molar-refractivity contribution in [2.75, 3.05) is 6.61 Å². The molecule has 0 radical (unpaired) electrons. The molecule has 1 unspecified atom stereocenters. The first kappa shape index (κ1) is 34.3. The normalized spacial score (nSPS) is 11.6. The summed E-state index contributed by atoms with van der Waals surface area (Å²) in [5.74, 6) is 0.0668. The van der Waals surface area contributed by atoms with Crippen molar-refractivity contribution in [2.24, 2.45) is 0 Å². The minimum absolute atomic E-state index is 0. The molecule has 0 fully saturated rings. The zero-order valence-electron chi connectivity index (χ0n) is 23.7. The van der Waals surface area contributed by atoms with Gasteiger partial charge in [-0.1, -0.05) is 120 Å². The lowest BCUT2D eigenvalue weighted by atomic mass is 10.0. The maximum Gasteiger partial charge on any atom is 0.220 e. The number of aliphatic hydroxyl groups is 1. The smallest absolute Gasteiger partial charge is 0.220 e. The number of rotatable bonds is 23. The molecule has 0 aliphatic carbocycles. The number of aryl methyl sites for hydroxylation is 1. The minimum atomic E-state index is -0.190. The third kappa shape index (κ3) is 18.5. The average molecular weight is 590 g/mol. The topological polar surface area (TPSA) is 53.2 Å². The summed E-state index contributed by atoms with van der Waals surface area (Å²) in [5, 5.41) is 12.6. The van der Waals surface area contributed by atoms with Crippen LogP contribution < -0.4 is 26.9 Å². The summed E-state index contributed by atoms with van der Waals surface area (Å²) >= 11 is 0. The predicted octanol–water partition coefficient (Wildman–Crippen LogP) is 4.33. The molecule has 214 valence electrons. The molecule has 38 heavy (non-hydrogen) atoms. The minimum Gasteiger partial charge on any atom is -1.00 e. The fraction of sp³-hybridized carbons (Fsp3) is 0.636. The summed E-state index contributed by atoms with van der Waals surface area (Å²) in [6.45, 7) is 1.13. The predicted molar refractivity (Wildman–Crippen MR) is 154 cm³/mol. The number of carbonyl (C=O) groups excluding carboxylic acids is 1. The van der Waals surface area contributed by atoms with E-state index in [1.807, 2.05) is 30.3 Å². The van der Waals surface area contributed by atoms with Gasteiger partial charge in [0.05, 0.1) is 12.6 Å². The number of amides is 1. The van der Waals surface area contributed by atoms with Gasteiger partial charge in [-0.2, -0.15) is 0 Å². The maximum absolute atomic E-state index is 12.2. The molecular weight excluding hydrogens is 536 g/mol. The van der Waals surface area contributed by atoms with Crippen molar-refractivity contribution in [1.29, 1.82) is 0 Å². The second-order valence-electron chi connectivity index (χ2n) is 10.7. The zero-order valence-corrected chi connectivity index (χ0v) is 25.3. The highest BCUT2D eigenvalue weighted by Gasteiger charge is 2.11. The number of nitrogens with zero attached hydrogens (tertiary/aromatic N) is 1. The first-order chi connectivity index (χ1) is 18.3. The second-order valence-corrected chi connectivity index (χ2v) is 10.7. The standard InChI is InChI=1S/C33H52N2O2.BrH/c36-30-32(29-31-23-17-15-18-24-31)34-33(37)25-19-13-11-9-7-5-3-1-2-4-6-8-10-12-14-20-26-35-27-21-16-22-28-35;/h15-18,21-24,27-28,32,36H,1-14,19-20,25-26,29-30H2;1H. The van der Waals surface area contributed by atoms with Crippen molar-refractivity contribution in [3.05, 3.63) is 66.5 Å². The molecule has 0 spiro atoms. The number of halogens is 1. The Hall–Kier alpha value is -1.72. The van der Waals surface area contributed by atoms with Crippen LogP contribution in [0.3, 0.4) is 0 Å². The van der Waals surface area contributed by atoms with Crippen LogP contribution in [0, 0.1) is 0 Å². The lowest BCUT2D eigenvalue weighted by Gasteiger charge is -2.16. The summed E-state index contributed by atoms with van der Waals surface area (Å²) < 4.78 is 2.28. The van der Waals surface area contributed by atoms with Crippen LogP contribution in [0.1, 0.15) is 115 Å². The first-order valence-electron chi connectivity index (χ1n) is 15.2. The Morgan fingerprint density at radius 1 is 0.658 bits per heavy atom. The Labute approximate surface area is 243 Å². The largest absolute Gasteiger partial charge is 1.00 e. The Morgan fingerprint density at radius 3 is 1.61 bits per heavy atom. The fourth-order valence-corrected chi connectivity index (χ4v) is 5.00. The molecule has 5 heteroatoms. The van der Waals surface area contributed by atoms with E-state index in [1.165, 1.54) is 89.9 Å². The Kier molecular flexibility index (Phi) is 22.0. The Balaban J connectivity index is 0.00000722. The molecule has 1 amide bonds. The summed E-state index contributed by atoms with van der Waals surface area (Å²) in [4.78, 5) is 12.2. The molecule has 0 aliphatic heterocycles. The van der Waals surface area contributed by atoms with Gasteiger partial charge in [0.25, 0.3) is 0 Å². The molecule has 0 saturated carbocycles. The maximum atomic E-state index is 12.2. The van der Waals surface area contributed by atoms with E-state index in [0.29, 0.717) is 12.8 Å². The number of carbonyl (C=O) groups is 1. The van der Waals surface area contributed by atoms with Crippen LogP contribution in [0.15, 0.2) is 60.9 Å². The van der Waals surface area contributed by atoms with Crippen LogP contribution in [0.4, 0.5) is 0 Å². The van der Waals surface area contributed by atoms with Gasteiger partial charge in [-0.3, -0.25) is 4.79 Å². The number of aliphatic hydroxyl groups excluding tert-OH is 1. The van der Waals surface area contributed by atoms with Crippen molar-refractivity contribution in [2.45, 2.75) is 128 Å². The van der Waals surface area contributed by atoms with E-state index in [-0.39, 0.29) is 35.5 Å². The number of hydrogen-bond donors (Lipinski definition) is 2. The number of benzene rings is 1. The molecule has 4 nitrogen and oxygen atoms in total. The SMILES string of the molecule is O=C(CCCCCCCCCCCCCCCCCC[n+]1ccccc1)NC(CO)Cc1ccccc1.[Br-]. The Bertz CT molecular complexity index is 788. The monoisotopic (exact) mass is 588 g/mol. The number of aromatic nitrogens is 1. The summed E-state index contributed by atoms with van der Waals surface area (Å²) in [5.41, 5.74) is 1.14. The first-order valence-corrected chi connectivity index (χ1v) is 15.2. The van der Waals surface area contributed by atoms with Gasteiger partial charge in [-0.05, 0) is 24.8 Å². The van der Waals surface area contributed by atoms with Gasteiger partial charge in [-0.15, -0.1) is 0 Å². The number of unbranched alkanes of at least 4 members (excludes halogenated alkanes) is 15. The molecule has 0 bridgehead atoms. The van der Waals surface area contributed by atoms with E-state index in [0.717, 1.165) is 24.9 Å². The molecule has 1 heterocycles. The quantitative estimate of drug-likeness (QED) is 0.150. The number of hydrogen-bond acceptors (Lipinski definition) is 2. The van der Waals surface area contributed by atoms with E-state index >= 15 is 0 Å². The van der Waals surface area contributed by atoms with Crippen LogP contribution in [-0.2, 0) is 17.8 Å². The summed E-state index contributed by atoms with van der Waals surface area (Å²) in [6.07, 6.45) is 26.7. The fourth-order valence-electron chi connectivity index (χ4n) is 5.00. The third-order valence-corrected chi connectivity index (χ3v) is 7.26. The Morgan fingerprint density at radius 2 is 1.11 bits per heavy atom. The van der Waals surface area contributed by atoms with Crippen LogP contribution >= 0.6 is 0 Å². The summed E-state index contributed by atoms with van der Waals surface area (Å²) in [6, 6.07) is 16.1. The van der Waals surface area contributed by atoms with E-state index in [2.05, 4.69) is 40.5 Å². The average Bonchev–Trinajstić information content (AvgIpc) is 2.93. The van der Waals surface area contributed by atoms with Gasteiger partial charge < -0.3 is 27.4 Å². The van der Waals surface area contributed by atoms with Gasteiger partial charge in [-0.25, -0.2) is 4.57 Å². The molecule has 2 rings (SSSR count). The highest BCUT2D eigenvalue weighted by Crippen LogP contribution is 2.14. The lowest BCUT2D eigenvalue weighted by molar-refractivity contribution is -0.697. The summed E-state index contributed by atoms with van der Waals surface area (Å²) in [7, 11) is 0. The number of pyridine rings is 1. The van der Waals surface area contributed by atoms with Crippen molar-refractivity contribution >= 4 is 5.91 Å². The molecule has 0 aliphatic rings. The molecule has 1 aromatic heterocycles. The van der Waals surface area contributed by atoms with E-state index < -0.39 is 0 Å². The zero-order chi connectivity index (χ0) is 26.2. The van der Waals surface area contributed by atoms with Crippen LogP contribution in [0.25, 0.3) is 0 Å². The van der Waals surface area contributed by atoms with Gasteiger partial charge in [0.2, 0.25) is 5.91 Å². The van der Waals surface area contributed by atoms with Crippen molar-refractivity contribution < 1.29 is 31.4 Å². The van der Waals surface area contributed by atoms with Crippen LogP contribution in [-0.4, -0.2) is 23.7 Å². The molecule has 0 saturated heterocycles. The van der Waals surface area contributed by atoms with Gasteiger partial charge >= 0.3 is 0 Å². The van der Waals surface area contributed by atoms with Gasteiger partial charge in [0, 0.05) is 25.0 Å². The molecule has 1 aromatic carbocycles. The third-order valence-electron chi connectivity index (χ3n) is 7.26. The van der Waals surface area contributed by atoms with Crippen LogP contribution in [0.5, 0.6) is 0 Å². The van der Waals surface area contributed by atoms with E-state index in [1.54, 1.807) is 0 Å². The highest BCUT2D eigenvalue weighted by atomic mass is 79.9. The van der Waals surface area contributed by atoms with Gasteiger partial charge in [0.15, 0.2) is 12.4 Å². The number of nitrogens with one attached hydrogen (secondary N) is 1. The molecule has 2 aromatic rings. The lowest BCUT2D eigenvalue weighted by Crippen LogP contribution is -3.00. The van der Waals surface area contributed by atoms with Gasteiger partial charge in [0.1, 0.15) is 6.54 Å². The molecule has 1 atom stereocenters. The molecule has 2 N–H and O–H groups in total. The van der Waals surface area contributed by atoms with Crippen molar-refractivity contribution in [1.82, 2.24) is 5.32 Å². The van der Waals surface area contributed by atoms with Crippen LogP contribution in [0.2, 0.25) is 0 Å². The van der Waals surface area contributed by atoms with E-state index in [4.69, 9.17) is 0 Å². The van der Waals surface area contributed by atoms with Crippen molar-refractivity contribution in [3.63, 3.8) is 0 Å².